The van der Waals surface area contributed by atoms with E-state index in [2.05, 4.69) is 11.8 Å². The summed E-state index contributed by atoms with van der Waals surface area (Å²) in [5.41, 5.74) is 0. The van der Waals surface area contributed by atoms with E-state index in [9.17, 15) is 8.42 Å². The van der Waals surface area contributed by atoms with Gasteiger partial charge in [-0.25, -0.2) is 8.42 Å². The minimum absolute atomic E-state index is 0.0940. The average molecular weight is 351 g/mol. The monoisotopic (exact) mass is 350 g/mol. The van der Waals surface area contributed by atoms with E-state index in [1.807, 2.05) is 6.92 Å². The minimum atomic E-state index is -3.42. The largest absolute Gasteiger partial charge is 0.303 e. The van der Waals surface area contributed by atoms with Crippen LogP contribution < -0.4 is 0 Å². The molecule has 0 spiro atoms. The van der Waals surface area contributed by atoms with Crippen molar-refractivity contribution < 1.29 is 8.42 Å². The normalized spacial score (nSPS) is 18.5. The van der Waals surface area contributed by atoms with E-state index in [4.69, 9.17) is 11.6 Å². The lowest BCUT2D eigenvalue weighted by Gasteiger charge is -2.35. The fourth-order valence-corrected chi connectivity index (χ4v) is 5.91. The van der Waals surface area contributed by atoms with Crippen molar-refractivity contribution in [3.8, 4) is 0 Å². The van der Waals surface area contributed by atoms with E-state index in [-0.39, 0.29) is 6.04 Å². The SMILES string of the molecule is CCN1CCC(N(C)S(=O)(=O)c2cc(CCl)sc2C)CC1. The van der Waals surface area contributed by atoms with Crippen LogP contribution in [-0.2, 0) is 15.9 Å². The Balaban J connectivity index is 2.17. The Bertz CT molecular complexity index is 578. The van der Waals surface area contributed by atoms with Crippen molar-refractivity contribution in [2.45, 2.75) is 43.5 Å². The average Bonchev–Trinajstić information content (AvgIpc) is 2.88. The molecule has 1 aliphatic heterocycles. The fraction of sp³-hybridized carbons (Fsp3) is 0.714. The summed E-state index contributed by atoms with van der Waals surface area (Å²) in [7, 11) is -1.71. The van der Waals surface area contributed by atoms with Gasteiger partial charge in [-0.3, -0.25) is 0 Å². The van der Waals surface area contributed by atoms with Crippen molar-refractivity contribution in [2.24, 2.45) is 0 Å². The van der Waals surface area contributed by atoms with Crippen LogP contribution in [0.3, 0.4) is 0 Å². The molecule has 1 saturated heterocycles. The first kappa shape index (κ1) is 17.2. The summed E-state index contributed by atoms with van der Waals surface area (Å²) in [6, 6.07) is 1.82. The number of alkyl halides is 1. The van der Waals surface area contributed by atoms with Crippen molar-refractivity contribution in [2.75, 3.05) is 26.7 Å². The van der Waals surface area contributed by atoms with E-state index in [0.29, 0.717) is 10.8 Å². The van der Waals surface area contributed by atoms with Gasteiger partial charge in [0.25, 0.3) is 0 Å². The smallest absolute Gasteiger partial charge is 0.244 e. The number of piperidine rings is 1. The van der Waals surface area contributed by atoms with E-state index < -0.39 is 10.0 Å². The first-order valence-corrected chi connectivity index (χ1v) is 10.0. The molecule has 0 radical (unpaired) electrons. The molecule has 2 rings (SSSR count). The summed E-state index contributed by atoms with van der Waals surface area (Å²) in [4.78, 5) is 4.51. The van der Waals surface area contributed by atoms with Crippen LogP contribution >= 0.6 is 22.9 Å². The van der Waals surface area contributed by atoms with Crippen molar-refractivity contribution in [3.05, 3.63) is 15.8 Å². The highest BCUT2D eigenvalue weighted by molar-refractivity contribution is 7.89. The third-order valence-electron chi connectivity index (χ3n) is 4.23. The van der Waals surface area contributed by atoms with Crippen molar-refractivity contribution >= 4 is 33.0 Å². The van der Waals surface area contributed by atoms with Gasteiger partial charge < -0.3 is 4.90 Å². The number of aryl methyl sites for hydroxylation is 1. The number of nitrogens with zero attached hydrogens (tertiary/aromatic N) is 2. The molecular formula is C14H23ClN2O2S2. The van der Waals surface area contributed by atoms with Gasteiger partial charge in [-0.1, -0.05) is 6.92 Å². The molecule has 2 heterocycles. The third-order valence-corrected chi connectivity index (χ3v) is 7.89. The van der Waals surface area contributed by atoms with Gasteiger partial charge in [0, 0.05) is 22.8 Å². The first-order valence-electron chi connectivity index (χ1n) is 7.25. The molecule has 0 aliphatic carbocycles. The molecule has 7 heteroatoms. The van der Waals surface area contributed by atoms with Gasteiger partial charge in [0.1, 0.15) is 0 Å². The first-order chi connectivity index (χ1) is 9.90. The van der Waals surface area contributed by atoms with Gasteiger partial charge in [-0.2, -0.15) is 4.31 Å². The topological polar surface area (TPSA) is 40.6 Å². The molecule has 0 atom stereocenters. The predicted octanol–water partition coefficient (Wildman–Crippen LogP) is 2.90. The third kappa shape index (κ3) is 3.62. The molecule has 0 aromatic carbocycles. The maximum Gasteiger partial charge on any atom is 0.244 e. The van der Waals surface area contributed by atoms with Crippen molar-refractivity contribution in [1.82, 2.24) is 9.21 Å². The van der Waals surface area contributed by atoms with Crippen LogP contribution in [0.2, 0.25) is 0 Å². The second kappa shape index (κ2) is 6.96. The lowest BCUT2D eigenvalue weighted by molar-refractivity contribution is 0.176. The highest BCUT2D eigenvalue weighted by atomic mass is 35.5. The molecule has 1 aliphatic rings. The summed E-state index contributed by atoms with van der Waals surface area (Å²) in [5.74, 6) is 0.361. The van der Waals surface area contributed by atoms with Crippen LogP contribution in [-0.4, -0.2) is 50.3 Å². The van der Waals surface area contributed by atoms with Gasteiger partial charge in [0.05, 0.1) is 10.8 Å². The van der Waals surface area contributed by atoms with E-state index in [1.54, 1.807) is 17.4 Å². The predicted molar refractivity (Wildman–Crippen MR) is 88.7 cm³/mol. The van der Waals surface area contributed by atoms with Gasteiger partial charge in [-0.05, 0) is 45.5 Å². The Morgan fingerprint density at radius 2 is 2.05 bits per heavy atom. The standard InChI is InChI=1S/C14H23ClN2O2S2/c1-4-17-7-5-12(6-8-17)16(3)21(18,19)14-9-13(10-15)20-11(14)2/h9,12H,4-8,10H2,1-3H3. The summed E-state index contributed by atoms with van der Waals surface area (Å²) in [5, 5.41) is 0. The van der Waals surface area contributed by atoms with Crippen LogP contribution in [0.15, 0.2) is 11.0 Å². The quantitative estimate of drug-likeness (QED) is 0.767. The second-order valence-corrected chi connectivity index (χ2v) is 9.03. The number of hydrogen-bond acceptors (Lipinski definition) is 4. The molecule has 0 N–H and O–H groups in total. The molecule has 0 bridgehead atoms. The second-order valence-electron chi connectivity index (χ2n) is 5.45. The maximum atomic E-state index is 12.8. The van der Waals surface area contributed by atoms with Crippen LogP contribution in [0.1, 0.15) is 29.5 Å². The summed E-state index contributed by atoms with van der Waals surface area (Å²) in [6.07, 6.45) is 1.80. The molecule has 0 unspecified atom stereocenters. The summed E-state index contributed by atoms with van der Waals surface area (Å²) >= 11 is 7.28. The molecule has 21 heavy (non-hydrogen) atoms. The number of halogens is 1. The Morgan fingerprint density at radius 3 is 2.52 bits per heavy atom. The fourth-order valence-electron chi connectivity index (χ4n) is 2.80. The number of thiophene rings is 1. The zero-order chi connectivity index (χ0) is 15.6. The highest BCUT2D eigenvalue weighted by Crippen LogP contribution is 2.30. The molecule has 4 nitrogen and oxygen atoms in total. The maximum absolute atomic E-state index is 12.8. The van der Waals surface area contributed by atoms with Gasteiger partial charge in [-0.15, -0.1) is 22.9 Å². The van der Waals surface area contributed by atoms with Crippen LogP contribution in [0.4, 0.5) is 0 Å². The molecule has 1 fully saturated rings. The summed E-state index contributed by atoms with van der Waals surface area (Å²) < 4.78 is 27.2. The Hall–Kier alpha value is -0.140. The Labute approximate surface area is 136 Å². The highest BCUT2D eigenvalue weighted by Gasteiger charge is 2.32. The van der Waals surface area contributed by atoms with E-state index >= 15 is 0 Å². The van der Waals surface area contributed by atoms with Gasteiger partial charge in [0.15, 0.2) is 0 Å². The van der Waals surface area contributed by atoms with E-state index in [0.717, 1.165) is 42.2 Å². The zero-order valence-electron chi connectivity index (χ0n) is 12.8. The Morgan fingerprint density at radius 1 is 1.43 bits per heavy atom. The number of likely N-dealkylation sites (tertiary alicyclic amines) is 1. The summed E-state index contributed by atoms with van der Waals surface area (Å²) in [6.45, 7) is 6.96. The number of rotatable bonds is 5. The van der Waals surface area contributed by atoms with Gasteiger partial charge >= 0.3 is 0 Å². The van der Waals surface area contributed by atoms with Crippen molar-refractivity contribution in [3.63, 3.8) is 0 Å². The molecular weight excluding hydrogens is 328 g/mol. The number of sulfonamides is 1. The molecule has 120 valence electrons. The van der Waals surface area contributed by atoms with Crippen LogP contribution in [0.25, 0.3) is 0 Å². The van der Waals surface area contributed by atoms with Crippen LogP contribution in [0, 0.1) is 6.92 Å². The van der Waals surface area contributed by atoms with Gasteiger partial charge in [0.2, 0.25) is 10.0 Å². The number of hydrogen-bond donors (Lipinski definition) is 0. The molecule has 1 aromatic rings. The van der Waals surface area contributed by atoms with Crippen molar-refractivity contribution in [1.29, 1.82) is 0 Å². The molecule has 1 aromatic heterocycles. The van der Waals surface area contributed by atoms with E-state index in [1.165, 1.54) is 11.3 Å². The Kier molecular flexibility index (Phi) is 5.71. The lowest BCUT2D eigenvalue weighted by atomic mass is 10.1. The van der Waals surface area contributed by atoms with Crippen LogP contribution in [0.5, 0.6) is 0 Å². The minimum Gasteiger partial charge on any atom is -0.303 e. The zero-order valence-corrected chi connectivity index (χ0v) is 15.2. The molecule has 0 amide bonds. The molecule has 0 saturated carbocycles. The lowest BCUT2D eigenvalue weighted by Crippen LogP contribution is -2.45.